The molecule has 2 aromatic carbocycles. The second-order valence-corrected chi connectivity index (χ2v) is 8.00. The Balaban J connectivity index is 1.99. The van der Waals surface area contributed by atoms with E-state index in [2.05, 4.69) is 10.3 Å². The molecule has 0 atom stereocenters. The summed E-state index contributed by atoms with van der Waals surface area (Å²) in [4.78, 5) is 30.9. The van der Waals surface area contributed by atoms with Crippen LogP contribution in [0.15, 0.2) is 77.9 Å². The second kappa shape index (κ2) is 8.63. The van der Waals surface area contributed by atoms with Gasteiger partial charge in [0.25, 0.3) is 5.91 Å². The van der Waals surface area contributed by atoms with Crippen molar-refractivity contribution in [3.8, 4) is 16.9 Å². The van der Waals surface area contributed by atoms with Gasteiger partial charge >= 0.3 is 0 Å². The summed E-state index contributed by atoms with van der Waals surface area (Å²) >= 11 is 0. The largest absolute Gasteiger partial charge is 0.321 e. The molecule has 0 fully saturated rings. The number of amides is 1. The lowest BCUT2D eigenvalue weighted by Crippen LogP contribution is -2.26. The number of anilines is 1. The number of hydrogen-bond donors (Lipinski definition) is 1. The van der Waals surface area contributed by atoms with Crippen molar-refractivity contribution in [2.24, 2.45) is 0 Å². The van der Waals surface area contributed by atoms with Crippen LogP contribution in [0.3, 0.4) is 0 Å². The maximum Gasteiger partial charge on any atom is 0.261 e. The van der Waals surface area contributed by atoms with Crippen LogP contribution in [0.25, 0.3) is 16.9 Å². The molecule has 32 heavy (non-hydrogen) atoms. The van der Waals surface area contributed by atoms with Gasteiger partial charge in [-0.1, -0.05) is 30.3 Å². The van der Waals surface area contributed by atoms with Crippen molar-refractivity contribution in [3.63, 3.8) is 0 Å². The third-order valence-corrected chi connectivity index (χ3v) is 5.56. The molecule has 0 unspecified atom stereocenters. The molecule has 5 nitrogen and oxygen atoms in total. The van der Waals surface area contributed by atoms with Crippen LogP contribution < -0.4 is 10.7 Å². The Kier molecular flexibility index (Phi) is 5.73. The quantitative estimate of drug-likeness (QED) is 0.479. The standard InChI is InChI=1S/C27H25N3O2/c1-17-7-5-10-22(15-17)30-20(4)16-23(31)24(26(30)21-11-13-28-14-12-21)27(32)29-25-18(2)8-6-9-19(25)3/h5-16H,1-4H3,(H,29,32). The van der Waals surface area contributed by atoms with Gasteiger partial charge in [0.15, 0.2) is 5.43 Å². The van der Waals surface area contributed by atoms with E-state index in [4.69, 9.17) is 0 Å². The minimum atomic E-state index is -0.430. The molecule has 160 valence electrons. The second-order valence-electron chi connectivity index (χ2n) is 8.00. The number of benzene rings is 2. The highest BCUT2D eigenvalue weighted by molar-refractivity contribution is 6.09. The minimum Gasteiger partial charge on any atom is -0.321 e. The Hall–Kier alpha value is -3.99. The Morgan fingerprint density at radius 3 is 2.19 bits per heavy atom. The van der Waals surface area contributed by atoms with Gasteiger partial charge in [0.05, 0.1) is 5.69 Å². The summed E-state index contributed by atoms with van der Waals surface area (Å²) in [5, 5.41) is 2.99. The molecule has 0 saturated heterocycles. The molecule has 0 aliphatic rings. The lowest BCUT2D eigenvalue weighted by molar-refractivity contribution is 0.102. The number of aryl methyl sites for hydroxylation is 4. The number of aromatic nitrogens is 2. The third-order valence-electron chi connectivity index (χ3n) is 5.56. The Morgan fingerprint density at radius 2 is 1.53 bits per heavy atom. The van der Waals surface area contributed by atoms with E-state index in [1.165, 1.54) is 6.07 Å². The molecule has 0 spiro atoms. The Labute approximate surface area is 187 Å². The summed E-state index contributed by atoms with van der Waals surface area (Å²) in [5.74, 6) is -0.430. The van der Waals surface area contributed by atoms with Crippen molar-refractivity contribution < 1.29 is 4.79 Å². The molecular weight excluding hydrogens is 398 g/mol. The van der Waals surface area contributed by atoms with Crippen molar-refractivity contribution >= 4 is 11.6 Å². The number of nitrogens with one attached hydrogen (secondary N) is 1. The highest BCUT2D eigenvalue weighted by Crippen LogP contribution is 2.28. The van der Waals surface area contributed by atoms with Crippen molar-refractivity contribution in [2.75, 3.05) is 5.32 Å². The van der Waals surface area contributed by atoms with E-state index >= 15 is 0 Å². The van der Waals surface area contributed by atoms with Gasteiger partial charge in [-0.25, -0.2) is 0 Å². The van der Waals surface area contributed by atoms with Crippen LogP contribution in [0, 0.1) is 27.7 Å². The average molecular weight is 424 g/mol. The van der Waals surface area contributed by atoms with Crippen LogP contribution in [0.2, 0.25) is 0 Å². The smallest absolute Gasteiger partial charge is 0.261 e. The van der Waals surface area contributed by atoms with Crippen LogP contribution >= 0.6 is 0 Å². The minimum absolute atomic E-state index is 0.103. The summed E-state index contributed by atoms with van der Waals surface area (Å²) in [6.45, 7) is 7.77. The predicted molar refractivity (Wildman–Crippen MR) is 129 cm³/mol. The van der Waals surface area contributed by atoms with E-state index in [-0.39, 0.29) is 11.0 Å². The first kappa shape index (κ1) is 21.2. The topological polar surface area (TPSA) is 64.0 Å². The maximum atomic E-state index is 13.6. The van der Waals surface area contributed by atoms with Crippen molar-refractivity contribution in [1.82, 2.24) is 9.55 Å². The zero-order valence-corrected chi connectivity index (χ0v) is 18.6. The maximum absolute atomic E-state index is 13.6. The molecule has 0 aliphatic carbocycles. The van der Waals surface area contributed by atoms with Gasteiger partial charge < -0.3 is 9.88 Å². The van der Waals surface area contributed by atoms with Gasteiger partial charge in [-0.15, -0.1) is 0 Å². The van der Waals surface area contributed by atoms with Crippen LogP contribution in [-0.4, -0.2) is 15.5 Å². The molecule has 2 heterocycles. The number of para-hydroxylation sites is 1. The van der Waals surface area contributed by atoms with Crippen LogP contribution in [-0.2, 0) is 0 Å². The molecule has 1 amide bonds. The number of nitrogens with zero attached hydrogens (tertiary/aromatic N) is 2. The van der Waals surface area contributed by atoms with E-state index in [9.17, 15) is 9.59 Å². The van der Waals surface area contributed by atoms with E-state index < -0.39 is 5.91 Å². The fourth-order valence-electron chi connectivity index (χ4n) is 4.02. The van der Waals surface area contributed by atoms with Crippen LogP contribution in [0.1, 0.15) is 32.7 Å². The summed E-state index contributed by atoms with van der Waals surface area (Å²) in [6, 6.07) is 19.0. The first-order chi connectivity index (χ1) is 15.4. The number of hydrogen-bond acceptors (Lipinski definition) is 3. The van der Waals surface area contributed by atoms with Crippen LogP contribution in [0.5, 0.6) is 0 Å². The van der Waals surface area contributed by atoms with Gasteiger partial charge in [0.1, 0.15) is 5.56 Å². The summed E-state index contributed by atoms with van der Waals surface area (Å²) in [6.07, 6.45) is 3.33. The molecule has 4 aromatic rings. The predicted octanol–water partition coefficient (Wildman–Crippen LogP) is 5.39. The summed E-state index contributed by atoms with van der Waals surface area (Å²) < 4.78 is 1.96. The molecular formula is C27H25N3O2. The van der Waals surface area contributed by atoms with E-state index in [1.807, 2.05) is 86.9 Å². The zero-order valence-electron chi connectivity index (χ0n) is 18.6. The lowest BCUT2D eigenvalue weighted by atomic mass is 10.0. The van der Waals surface area contributed by atoms with E-state index in [0.29, 0.717) is 5.69 Å². The van der Waals surface area contributed by atoms with Crippen molar-refractivity contribution in [1.29, 1.82) is 0 Å². The molecule has 0 radical (unpaired) electrons. The van der Waals surface area contributed by atoms with Gasteiger partial charge in [-0.3, -0.25) is 14.6 Å². The SMILES string of the molecule is Cc1cccc(-n2c(C)cc(=O)c(C(=O)Nc3c(C)cccc3C)c2-c2ccncc2)c1. The van der Waals surface area contributed by atoms with Gasteiger partial charge in [-0.05, 0) is 68.7 Å². The van der Waals surface area contributed by atoms with Gasteiger partial charge in [0, 0.05) is 41.1 Å². The number of pyridine rings is 2. The first-order valence-electron chi connectivity index (χ1n) is 10.5. The molecule has 4 rings (SSSR count). The fraction of sp³-hybridized carbons (Fsp3) is 0.148. The first-order valence-corrected chi connectivity index (χ1v) is 10.5. The summed E-state index contributed by atoms with van der Waals surface area (Å²) in [5.41, 5.74) is 6.40. The molecule has 5 heteroatoms. The Bertz CT molecular complexity index is 1350. The van der Waals surface area contributed by atoms with Crippen molar-refractivity contribution in [3.05, 3.63) is 111 Å². The van der Waals surface area contributed by atoms with Crippen LogP contribution in [0.4, 0.5) is 5.69 Å². The normalized spacial score (nSPS) is 10.8. The molecule has 2 aromatic heterocycles. The third kappa shape index (κ3) is 3.97. The van der Waals surface area contributed by atoms with E-state index in [1.54, 1.807) is 12.4 Å². The highest BCUT2D eigenvalue weighted by atomic mass is 16.2. The average Bonchev–Trinajstić information content (AvgIpc) is 2.76. The van der Waals surface area contributed by atoms with Crippen molar-refractivity contribution in [2.45, 2.75) is 27.7 Å². The van der Waals surface area contributed by atoms with Gasteiger partial charge in [-0.2, -0.15) is 0 Å². The number of carbonyl (C=O) groups is 1. The number of rotatable bonds is 4. The number of carbonyl (C=O) groups excluding carboxylic acids is 1. The van der Waals surface area contributed by atoms with Gasteiger partial charge in [0.2, 0.25) is 0 Å². The molecule has 0 saturated carbocycles. The lowest BCUT2D eigenvalue weighted by Gasteiger charge is -2.21. The molecule has 1 N–H and O–H groups in total. The highest BCUT2D eigenvalue weighted by Gasteiger charge is 2.23. The monoisotopic (exact) mass is 423 g/mol. The van der Waals surface area contributed by atoms with E-state index in [0.717, 1.165) is 39.3 Å². The Morgan fingerprint density at radius 1 is 0.875 bits per heavy atom. The summed E-state index contributed by atoms with van der Waals surface area (Å²) in [7, 11) is 0. The fourth-order valence-corrected chi connectivity index (χ4v) is 4.02. The zero-order chi connectivity index (χ0) is 22.8. The molecule has 0 bridgehead atoms. The molecule has 0 aliphatic heterocycles.